The van der Waals surface area contributed by atoms with Crippen LogP contribution in [0.5, 0.6) is 35.3 Å². The summed E-state index contributed by atoms with van der Waals surface area (Å²) in [6, 6.07) is 22.4. The number of hydrogen-bond acceptors (Lipinski definition) is 18. The van der Waals surface area contributed by atoms with Crippen LogP contribution in [0, 0.1) is 58.5 Å². The molecule has 0 amide bonds. The van der Waals surface area contributed by atoms with Gasteiger partial charge in [-0.25, -0.2) is 24.9 Å². The Bertz CT molecular complexity index is 2470. The molecule has 0 aliphatic heterocycles. The van der Waals surface area contributed by atoms with Gasteiger partial charge in [-0.15, -0.1) is 12.1 Å². The van der Waals surface area contributed by atoms with Crippen molar-refractivity contribution in [2.45, 2.75) is 14.9 Å². The van der Waals surface area contributed by atoms with Crippen LogP contribution in [0.1, 0.15) is 57.8 Å². The Labute approximate surface area is 508 Å². The summed E-state index contributed by atoms with van der Waals surface area (Å²) in [5.41, 5.74) is 2.67. The zero-order chi connectivity index (χ0) is 51.9. The van der Waals surface area contributed by atoms with Crippen molar-refractivity contribution < 1.29 is 56.9 Å². The Kier molecular flexibility index (Phi) is 52.4. The summed E-state index contributed by atoms with van der Waals surface area (Å²) in [6.07, 6.45) is 10.9. The first-order valence-electron chi connectivity index (χ1n) is 17.4. The minimum Gasteiger partial charge on any atom is -0.523 e. The van der Waals surface area contributed by atoms with Crippen molar-refractivity contribution in [1.29, 1.82) is 21.0 Å². The standard InChI is InChI=1S/C7H5BrN2O.C7H6BrNO2.C7H5IN2O.C7H6INO2.C7H6N2O.C7H5N2O.2CH4.Br2.I2.Li/c1-11-7-5(4-9)6(8)2-3-10-7;1-11-7-5(4-10)6(8)2-3-9-7;1-11-7-5(4-9)6(8)2-3-10-7;1-11-7-5(4-10)6(8)2-3-9-7;2*1-10-7-6(5-8)3-2-4-9-7;;;2*1-2;/h2-3H,1H3;2-4H,1H3;2-3H,1H3;2-4H,1H3;2-4H,1H3;2,4H,1H3;2*1H4;;;/q;;;;;-1;;;;;+1. The summed E-state index contributed by atoms with van der Waals surface area (Å²) in [5.74, 6) is 2.16. The summed E-state index contributed by atoms with van der Waals surface area (Å²) < 4.78 is 32.1. The van der Waals surface area contributed by atoms with Gasteiger partial charge in [-0.2, -0.15) is 15.8 Å². The Balaban J connectivity index is -0.000000240. The third kappa shape index (κ3) is 28.5. The van der Waals surface area contributed by atoms with Gasteiger partial charge in [-0.3, -0.25) is 14.9 Å². The maximum Gasteiger partial charge on any atom is 1.00 e. The maximum atomic E-state index is 10.5. The van der Waals surface area contributed by atoms with Crippen molar-refractivity contribution in [2.24, 2.45) is 0 Å². The van der Waals surface area contributed by atoms with E-state index in [4.69, 9.17) is 49.5 Å². The molecule has 0 saturated heterocycles. The zero-order valence-corrected chi connectivity index (χ0v) is 51.9. The largest absolute Gasteiger partial charge is 1.00 e. The predicted octanol–water partition coefficient (Wildman–Crippen LogP) is 9.93. The molecule has 71 heavy (non-hydrogen) atoms. The van der Waals surface area contributed by atoms with E-state index in [0.717, 1.165) is 13.4 Å². The number of carbonyl (C=O) groups excluding carboxylic acids is 2. The monoisotopic (exact) mass is 1670 g/mol. The van der Waals surface area contributed by atoms with Gasteiger partial charge in [-0.05, 0) is 125 Å². The minimum atomic E-state index is 0. The van der Waals surface area contributed by atoms with Gasteiger partial charge < -0.3 is 33.4 Å². The normalized spacial score (nSPS) is 8.14. The van der Waals surface area contributed by atoms with Gasteiger partial charge >= 0.3 is 18.9 Å². The van der Waals surface area contributed by atoms with Crippen molar-refractivity contribution in [3.63, 3.8) is 0 Å². The zero-order valence-electron chi connectivity index (χ0n) is 36.9. The average Bonchev–Trinajstić information content (AvgIpc) is 3.40. The predicted molar refractivity (Wildman–Crippen MR) is 313 cm³/mol. The third-order valence-electron chi connectivity index (χ3n) is 6.86. The molecule has 27 heteroatoms. The topological polar surface area (TPSA) is 262 Å². The Hall–Kier alpha value is -3.56. The van der Waals surface area contributed by atoms with Gasteiger partial charge in [0.15, 0.2) is 12.6 Å². The molecule has 6 heterocycles. The van der Waals surface area contributed by atoms with Crippen LogP contribution in [-0.4, -0.2) is 85.1 Å². The molecular formula is C44H41Br4I4LiN10O8. The average molecular weight is 1670 g/mol. The molecule has 6 aromatic heterocycles. The van der Waals surface area contributed by atoms with E-state index < -0.39 is 0 Å². The number of aromatic nitrogens is 6. The second-order valence-corrected chi connectivity index (χ2v) is 14.5. The number of aldehydes is 2. The van der Waals surface area contributed by atoms with Crippen molar-refractivity contribution in [3.05, 3.63) is 135 Å². The number of ether oxygens (including phenoxy) is 6. The molecule has 0 atom stereocenters. The van der Waals surface area contributed by atoms with E-state index in [-0.39, 0.29) is 33.7 Å². The van der Waals surface area contributed by atoms with E-state index in [2.05, 4.69) is 178 Å². The van der Waals surface area contributed by atoms with Crippen molar-refractivity contribution in [3.8, 4) is 59.6 Å². The van der Waals surface area contributed by atoms with Gasteiger partial charge in [0, 0.05) is 113 Å². The van der Waals surface area contributed by atoms with E-state index in [9.17, 15) is 9.59 Å². The van der Waals surface area contributed by atoms with E-state index in [1.807, 2.05) is 24.3 Å². The van der Waals surface area contributed by atoms with Crippen LogP contribution >= 0.6 is 143 Å². The fraction of sp³-hybridized carbons (Fsp3) is 0.182. The van der Waals surface area contributed by atoms with E-state index in [1.54, 1.807) is 73.4 Å². The summed E-state index contributed by atoms with van der Waals surface area (Å²) in [4.78, 5) is 44.0. The van der Waals surface area contributed by atoms with Crippen molar-refractivity contribution in [1.82, 2.24) is 29.9 Å². The van der Waals surface area contributed by atoms with Crippen LogP contribution in [0.25, 0.3) is 0 Å². The fourth-order valence-electron chi connectivity index (χ4n) is 3.98. The molecule has 0 aliphatic carbocycles. The summed E-state index contributed by atoms with van der Waals surface area (Å²) in [6.45, 7) is 0. The summed E-state index contributed by atoms with van der Waals surface area (Å²) in [5, 5.41) is 34.2. The maximum absolute atomic E-state index is 10.5. The number of hydrogen-bond donors (Lipinski definition) is 0. The minimum absolute atomic E-state index is 0. The number of methoxy groups -OCH3 is 6. The van der Waals surface area contributed by atoms with Crippen LogP contribution in [0.2, 0.25) is 0 Å². The van der Waals surface area contributed by atoms with Crippen LogP contribution in [-0.2, 0) is 0 Å². The van der Waals surface area contributed by atoms with Gasteiger partial charge in [0.05, 0.1) is 53.8 Å². The molecule has 0 aliphatic rings. The third-order valence-corrected chi connectivity index (χ3v) is 10.1. The second-order valence-electron chi connectivity index (χ2n) is 10.5. The smallest absolute Gasteiger partial charge is 0.523 e. The molecule has 0 fully saturated rings. The van der Waals surface area contributed by atoms with Gasteiger partial charge in [0.1, 0.15) is 40.8 Å². The number of rotatable bonds is 8. The molecule has 0 N–H and O–H groups in total. The quantitative estimate of drug-likeness (QED) is 0.0594. The molecule has 6 rings (SSSR count). The van der Waals surface area contributed by atoms with Gasteiger partial charge in [0.25, 0.3) is 0 Å². The molecule has 372 valence electrons. The number of nitriles is 4. The number of halogens is 8. The summed E-state index contributed by atoms with van der Waals surface area (Å²) >= 11 is 20.3. The molecule has 0 unspecified atom stereocenters. The Morgan fingerprint density at radius 1 is 0.521 bits per heavy atom. The number of pyridine rings is 6. The number of carbonyl (C=O) groups is 2. The van der Waals surface area contributed by atoms with E-state index >= 15 is 0 Å². The molecule has 0 saturated carbocycles. The Morgan fingerprint density at radius 3 is 1.30 bits per heavy atom. The van der Waals surface area contributed by atoms with Gasteiger partial charge in [-0.1, -0.05) is 21.1 Å². The van der Waals surface area contributed by atoms with Crippen LogP contribution in [0.15, 0.2) is 88.6 Å². The van der Waals surface area contributed by atoms with E-state index in [0.29, 0.717) is 83.9 Å². The number of nitrogens with zero attached hydrogens (tertiary/aromatic N) is 10. The van der Waals surface area contributed by atoms with Crippen LogP contribution in [0.4, 0.5) is 0 Å². The molecular weight excluding hydrogens is 1630 g/mol. The second kappa shape index (κ2) is 48.7. The first-order chi connectivity index (χ1) is 32.9. The first kappa shape index (κ1) is 76.4. The fourth-order valence-corrected chi connectivity index (χ4v) is 5.77. The van der Waals surface area contributed by atoms with Crippen molar-refractivity contribution in [2.75, 3.05) is 42.7 Å². The summed E-state index contributed by atoms with van der Waals surface area (Å²) in [7, 11) is 8.90. The van der Waals surface area contributed by atoms with Crippen LogP contribution in [0.3, 0.4) is 0 Å². The molecule has 18 nitrogen and oxygen atoms in total. The van der Waals surface area contributed by atoms with Crippen molar-refractivity contribution >= 4 is 155 Å². The molecule has 0 radical (unpaired) electrons. The molecule has 0 bridgehead atoms. The Morgan fingerprint density at radius 2 is 0.930 bits per heavy atom. The van der Waals surface area contributed by atoms with E-state index in [1.165, 1.54) is 48.9 Å². The molecule has 0 spiro atoms. The first-order valence-corrected chi connectivity index (χ1v) is 31.1. The molecule has 0 aromatic carbocycles. The van der Waals surface area contributed by atoms with Crippen LogP contribution < -0.4 is 47.3 Å². The molecule has 6 aromatic rings. The van der Waals surface area contributed by atoms with Gasteiger partial charge in [0.2, 0.25) is 29.4 Å². The SMILES string of the molecule is BrBr.C.C.COc1ncc[c-]c1C#N.COc1nccc(Br)c1C#N.COc1nccc(Br)c1C=O.COc1nccc(I)c1C#N.COc1nccc(I)c1C=O.COc1ncccc1C#N.II.[Li+].